The van der Waals surface area contributed by atoms with E-state index in [9.17, 15) is 63.9 Å². The molecule has 21 rings (SSSR count). The average molecular weight is 2240 g/mol. The lowest BCUT2D eigenvalue weighted by Gasteiger charge is -2.24. The molecule has 0 spiro atoms. The number of Topliss-reactive ketones (excluding diaryl/α,β-unsaturated/α-hetero) is 3. The number of hydrogen-bond donors (Lipinski definition) is 3. The van der Waals surface area contributed by atoms with Crippen LogP contribution in [0.5, 0.6) is 0 Å². The molecule has 776 valence electrons. The molecule has 31 nitrogen and oxygen atoms in total. The van der Waals surface area contributed by atoms with E-state index >= 15 is 0 Å². The van der Waals surface area contributed by atoms with Gasteiger partial charge in [0.15, 0.2) is 40.6 Å². The third-order valence-corrected chi connectivity index (χ3v) is 32.9. The number of carbonyl (C=O) groups is 6. The molecule has 8 aliphatic rings. The Morgan fingerprint density at radius 1 is 0.387 bits per heavy atom. The van der Waals surface area contributed by atoms with Crippen molar-refractivity contribution in [2.75, 3.05) is 26.2 Å². The van der Waals surface area contributed by atoms with Crippen LogP contribution in [0, 0.1) is 44.0 Å². The standard InChI is InChI=1S/2C29H24ClF2N7O2.C16H14N4O3.2C13H12ClF2N3.CH4.S6/c2*1-15(40)29-21-8-17(18-11-33-16(2)34-12-18)6-7-25(21)39(37-29)14-27(41)38-13-19(31)9-26(38)24-10-23(35-36-24)20-4-3-5-22(30)28(20)32;1-9(21)16-13-5-11(12-6-17-10(2)18-7-12)3-4-14(13)20(19-16)8-15(22)23;2*14-9-3-1-2-8(13(9)16)10-5-12(19-18-10)11-4-7(15)6-17-11;;1-3-5-6-4-2/h2*3-8,11-12,19,26H,9-10,13-14H2,1-2H3;3-7H,8H2,1-2H3,(H,22,23);2*1-3,7,11,17H,4-6H2;1H4;/t19-,26+;19-,26-;;7-,11+;7-,11-;;/m11.11../s1. The smallest absolute Gasteiger partial charge is 0.325 e. The number of alkyl halides is 4. The fraction of sp³-hybridized carbons (Fsp3) is 0.297. The Morgan fingerprint density at radius 3 is 0.933 bits per heavy atom. The molecule has 0 aliphatic carbocycles. The first kappa shape index (κ1) is 111. The zero-order chi connectivity index (χ0) is 106. The lowest BCUT2D eigenvalue weighted by atomic mass is 9.99. The molecule has 150 heavy (non-hydrogen) atoms. The van der Waals surface area contributed by atoms with Crippen molar-refractivity contribution >= 4 is 218 Å². The van der Waals surface area contributed by atoms with Crippen LogP contribution in [0.4, 0.5) is 35.1 Å². The number of carbonyl (C=O) groups excluding carboxylic acids is 5. The summed E-state index contributed by atoms with van der Waals surface area (Å²) >= 11 is 32.4. The number of hydrogen-bond acceptors (Lipinski definition) is 27. The van der Waals surface area contributed by atoms with Gasteiger partial charge in [0.2, 0.25) is 11.8 Å². The van der Waals surface area contributed by atoms with Crippen molar-refractivity contribution in [3.8, 4) is 33.4 Å². The molecule has 4 fully saturated rings. The predicted molar refractivity (Wildman–Crippen MR) is 578 cm³/mol. The number of fused-ring (bicyclic) bond motifs is 3. The highest BCUT2D eigenvalue weighted by Crippen LogP contribution is 2.37. The summed E-state index contributed by atoms with van der Waals surface area (Å²) in [6.07, 6.45) is 8.16. The Hall–Kier alpha value is -13.2. The molecule has 0 saturated carbocycles. The molecule has 0 unspecified atom stereocenters. The number of aliphatic carboxylic acids is 1. The molecule has 14 heterocycles. The van der Waals surface area contributed by atoms with Crippen molar-refractivity contribution in [3.05, 3.63) is 265 Å². The van der Waals surface area contributed by atoms with Crippen LogP contribution in [0.15, 0.2) is 205 Å². The SMILES string of the molecule is C.CC(=O)c1nn(CC(=O)N2C[C@H](F)C[C@@H]2C2=NN=C(c3cccc(Cl)c3F)C2)c2ccc(-c3cnc(C)nc3)cc12.CC(=O)c1nn(CC(=O)N2C[C@H](F)C[C@H]2C2=NN=C(c3cccc(Cl)c3F)C2)c2ccc(-c3cnc(C)nc3)cc12.CC(=O)c1nn(CC(=O)O)c2ccc(-c3cnc(C)nc3)cc12.Fc1c(Cl)cccc1C1=NN=C([C@@H]2C[C@@H](F)CN2)C1.Fc1c(Cl)cccc1C1=NN=C([C@H]2C[C@@H](F)CN2)C1.S=S=S=S=S=S. The summed E-state index contributed by atoms with van der Waals surface area (Å²) in [5, 5.41) is 62.7. The third kappa shape index (κ3) is 26.0. The van der Waals surface area contributed by atoms with Crippen molar-refractivity contribution in [2.24, 2.45) is 40.8 Å². The maximum atomic E-state index is 14.7. The van der Waals surface area contributed by atoms with Gasteiger partial charge in [0.05, 0.1) is 120 Å². The molecule has 3 N–H and O–H groups in total. The van der Waals surface area contributed by atoms with Crippen molar-refractivity contribution in [3.63, 3.8) is 0 Å². The van der Waals surface area contributed by atoms with E-state index in [2.05, 4.69) is 119 Å². The molecule has 0 radical (unpaired) electrons. The van der Waals surface area contributed by atoms with Crippen molar-refractivity contribution in [1.82, 2.24) is 79.7 Å². The van der Waals surface area contributed by atoms with Crippen molar-refractivity contribution in [1.29, 1.82) is 0 Å². The Morgan fingerprint density at radius 2 is 0.667 bits per heavy atom. The minimum absolute atomic E-state index is 0. The van der Waals surface area contributed by atoms with Gasteiger partial charge < -0.3 is 25.5 Å². The molecule has 8 aliphatic heterocycles. The Labute approximate surface area is 893 Å². The van der Waals surface area contributed by atoms with Crippen LogP contribution in [0.2, 0.25) is 20.1 Å². The minimum Gasteiger partial charge on any atom is -0.480 e. The number of carboxylic acid groups (broad SMARTS) is 1. The van der Waals surface area contributed by atoms with Crippen LogP contribution in [-0.4, -0.2) is 230 Å². The highest BCUT2D eigenvalue weighted by atomic mass is 35.5. The van der Waals surface area contributed by atoms with Gasteiger partial charge in [-0.1, -0.05) is 121 Å². The number of likely N-dealkylation sites (tertiary alicyclic amines) is 2. The largest absolute Gasteiger partial charge is 0.480 e. The molecular weight excluding hydrogens is 2150 g/mol. The van der Waals surface area contributed by atoms with E-state index < -0.39 is 66.0 Å². The molecule has 8 atom stereocenters. The normalized spacial score (nSPS) is 18.8. The number of halogens is 12. The fourth-order valence-corrected chi connectivity index (χ4v) is 24.0. The number of aromatic nitrogens is 12. The van der Waals surface area contributed by atoms with E-state index in [0.717, 1.165) is 44.8 Å². The van der Waals surface area contributed by atoms with Gasteiger partial charge in [-0.25, -0.2) is 65.0 Å². The van der Waals surface area contributed by atoms with Gasteiger partial charge in [-0.05, 0) is 98.1 Å². The van der Waals surface area contributed by atoms with Crippen LogP contribution in [0.1, 0.15) is 151 Å². The lowest BCUT2D eigenvalue weighted by Crippen LogP contribution is -2.42. The van der Waals surface area contributed by atoms with Gasteiger partial charge in [-0.2, -0.15) is 56.1 Å². The second-order valence-corrected chi connectivity index (χ2v) is 43.9. The van der Waals surface area contributed by atoms with Crippen molar-refractivity contribution in [2.45, 2.75) is 169 Å². The summed E-state index contributed by atoms with van der Waals surface area (Å²) in [6.45, 7) is 9.38. The number of ketones is 3. The third-order valence-electron chi connectivity index (χ3n) is 25.0. The first-order valence-electron chi connectivity index (χ1n) is 46.0. The Balaban J connectivity index is 0.000000143. The Bertz CT molecular complexity index is 7580. The number of nitrogens with one attached hydrogen (secondary N) is 2. The van der Waals surface area contributed by atoms with E-state index in [1.54, 1.807) is 125 Å². The monoisotopic (exact) mass is 2230 g/mol. The van der Waals surface area contributed by atoms with E-state index in [-0.39, 0.29) is 155 Å². The molecular formula is C101H90Cl4F8N24O7S6. The first-order chi connectivity index (χ1) is 71.5. The molecule has 4 saturated heterocycles. The molecule has 49 heteroatoms. The summed E-state index contributed by atoms with van der Waals surface area (Å²) in [6, 6.07) is 33.7. The van der Waals surface area contributed by atoms with E-state index in [1.165, 1.54) is 104 Å². The zero-order valence-corrected chi connectivity index (χ0v) is 87.5. The molecule has 6 aromatic heterocycles. The van der Waals surface area contributed by atoms with Crippen LogP contribution >= 0.6 is 46.4 Å². The van der Waals surface area contributed by atoms with Crippen LogP contribution < -0.4 is 10.6 Å². The molecule has 7 aromatic carbocycles. The first-order valence-corrected chi connectivity index (χ1v) is 54.2. The van der Waals surface area contributed by atoms with Crippen LogP contribution in [0.25, 0.3) is 66.1 Å². The quantitative estimate of drug-likeness (QED) is 0.0471. The van der Waals surface area contributed by atoms with Gasteiger partial charge in [-0.3, -0.25) is 42.8 Å². The minimum atomic E-state index is -1.25. The maximum absolute atomic E-state index is 14.7. The summed E-state index contributed by atoms with van der Waals surface area (Å²) in [5.41, 5.74) is 12.8. The number of benzene rings is 7. The number of carboxylic acids is 1. The second kappa shape index (κ2) is 49.7. The van der Waals surface area contributed by atoms with Gasteiger partial charge in [0.25, 0.3) is 0 Å². The molecule has 0 bridgehead atoms. The van der Waals surface area contributed by atoms with Gasteiger partial charge >= 0.3 is 5.97 Å². The van der Waals surface area contributed by atoms with Gasteiger partial charge in [0, 0.05) is 235 Å². The second-order valence-electron chi connectivity index (χ2n) is 35.1. The van der Waals surface area contributed by atoms with E-state index in [0.29, 0.717) is 134 Å². The summed E-state index contributed by atoms with van der Waals surface area (Å²) < 4.78 is 117. The van der Waals surface area contributed by atoms with E-state index in [4.69, 9.17) is 51.5 Å². The lowest BCUT2D eigenvalue weighted by molar-refractivity contribution is -0.138. The predicted octanol–water partition coefficient (Wildman–Crippen LogP) is 18.1. The number of amides is 2. The van der Waals surface area contributed by atoms with E-state index in [1.807, 2.05) is 36.4 Å². The average Bonchev–Trinajstić information content (AvgIpc) is 1.62. The topological polar surface area (TPSA) is 383 Å². The van der Waals surface area contributed by atoms with Crippen LogP contribution in [-0.2, 0) is 91.9 Å². The number of aryl methyl sites for hydroxylation is 3. The molecule has 13 aromatic rings. The highest BCUT2D eigenvalue weighted by molar-refractivity contribution is 8.64. The van der Waals surface area contributed by atoms with Crippen molar-refractivity contribution < 1.29 is 69.0 Å². The van der Waals surface area contributed by atoms with Gasteiger partial charge in [-0.15, -0.1) is 0 Å². The molecule has 2 amide bonds. The number of nitrogens with zero attached hydrogens (tertiary/aromatic N) is 22. The van der Waals surface area contributed by atoms with Crippen LogP contribution in [0.3, 0.4) is 0 Å². The zero-order valence-electron chi connectivity index (χ0n) is 79.5. The fourth-order valence-electron chi connectivity index (χ4n) is 17.8. The number of rotatable bonds is 20. The highest BCUT2D eigenvalue weighted by Gasteiger charge is 2.44. The Kier molecular flexibility index (Phi) is 36.8. The summed E-state index contributed by atoms with van der Waals surface area (Å²) in [4.78, 5) is 103. The summed E-state index contributed by atoms with van der Waals surface area (Å²) in [7, 11) is 5.63. The van der Waals surface area contributed by atoms with Gasteiger partial charge in [0.1, 0.15) is 78.9 Å². The maximum Gasteiger partial charge on any atom is 0.325 e. The summed E-state index contributed by atoms with van der Waals surface area (Å²) in [5.74, 6) is -2.69.